The number of hydrogen-bond acceptors (Lipinski definition) is 0. The zero-order chi connectivity index (χ0) is 13.6. The molecule has 1 radical (unpaired) electrons. The van der Waals surface area contributed by atoms with Gasteiger partial charge in [-0.25, -0.2) is 0 Å². The van der Waals surface area contributed by atoms with Crippen molar-refractivity contribution in [3.8, 4) is 0 Å². The highest BCUT2D eigenvalue weighted by Crippen LogP contribution is 2.35. The van der Waals surface area contributed by atoms with E-state index in [1.165, 1.54) is 21.9 Å². The molecule has 0 amide bonds. The third-order valence-corrected chi connectivity index (χ3v) is 3.45. The maximum atomic E-state index is 3.44. The van der Waals surface area contributed by atoms with Gasteiger partial charge in [-0.15, -0.1) is 0 Å². The van der Waals surface area contributed by atoms with Crippen molar-refractivity contribution in [3.05, 3.63) is 47.5 Å². The van der Waals surface area contributed by atoms with Gasteiger partial charge in [0.25, 0.3) is 0 Å². The normalized spacial score (nSPS) is 13.0. The van der Waals surface area contributed by atoms with Gasteiger partial charge in [0, 0.05) is 0 Å². The number of fused-ring (bicyclic) bond motifs is 1. The average Bonchev–Trinajstić information content (AvgIpc) is 2.24. The van der Waals surface area contributed by atoms with Crippen molar-refractivity contribution in [2.75, 3.05) is 0 Å². The van der Waals surface area contributed by atoms with Gasteiger partial charge in [0.05, 0.1) is 0 Å². The quantitative estimate of drug-likeness (QED) is 0.590. The molecular weight excluding hydrogens is 216 g/mol. The van der Waals surface area contributed by atoms with Crippen LogP contribution in [0.5, 0.6) is 0 Å². The Morgan fingerprint density at radius 1 is 0.778 bits per heavy atom. The van der Waals surface area contributed by atoms with Gasteiger partial charge in [-0.05, 0) is 38.8 Å². The van der Waals surface area contributed by atoms with Crippen molar-refractivity contribution in [2.45, 2.75) is 52.4 Å². The van der Waals surface area contributed by atoms with E-state index in [0.29, 0.717) is 0 Å². The summed E-state index contributed by atoms with van der Waals surface area (Å²) in [6.45, 7) is 13.6. The van der Waals surface area contributed by atoms with E-state index >= 15 is 0 Å². The summed E-state index contributed by atoms with van der Waals surface area (Å²) in [4.78, 5) is 0. The zero-order valence-electron chi connectivity index (χ0n) is 12.4. The summed E-state index contributed by atoms with van der Waals surface area (Å²) in [5.41, 5.74) is 3.12. The summed E-state index contributed by atoms with van der Waals surface area (Å²) >= 11 is 0. The van der Waals surface area contributed by atoms with Gasteiger partial charge in [0.15, 0.2) is 0 Å². The van der Waals surface area contributed by atoms with Crippen LogP contribution in [0, 0.1) is 6.07 Å². The summed E-state index contributed by atoms with van der Waals surface area (Å²) in [5.74, 6) is 0. The van der Waals surface area contributed by atoms with Crippen LogP contribution in [0.15, 0.2) is 30.3 Å². The summed E-state index contributed by atoms with van der Waals surface area (Å²) in [6, 6.07) is 14.3. The third kappa shape index (κ3) is 2.29. The molecule has 0 nitrogen and oxygen atoms in total. The van der Waals surface area contributed by atoms with Crippen LogP contribution in [0.2, 0.25) is 0 Å². The maximum Gasteiger partial charge on any atom is -0.00648 e. The van der Waals surface area contributed by atoms with Gasteiger partial charge < -0.3 is 0 Å². The molecule has 95 valence electrons. The Bertz CT molecular complexity index is 510. The molecule has 0 unspecified atom stereocenters. The van der Waals surface area contributed by atoms with E-state index in [4.69, 9.17) is 0 Å². The van der Waals surface area contributed by atoms with Crippen molar-refractivity contribution in [1.29, 1.82) is 0 Å². The Labute approximate surface area is 111 Å². The van der Waals surface area contributed by atoms with Crippen LogP contribution in [-0.2, 0) is 10.8 Å². The van der Waals surface area contributed by atoms with Crippen molar-refractivity contribution in [3.63, 3.8) is 0 Å². The second kappa shape index (κ2) is 4.12. The minimum absolute atomic E-state index is 0.159. The Hall–Kier alpha value is -1.30. The number of rotatable bonds is 0. The maximum absolute atomic E-state index is 3.44. The van der Waals surface area contributed by atoms with Gasteiger partial charge >= 0.3 is 0 Å². The predicted molar refractivity (Wildman–Crippen MR) is 80.2 cm³/mol. The van der Waals surface area contributed by atoms with Gasteiger partial charge in [-0.3, -0.25) is 0 Å². The molecule has 0 heterocycles. The first-order valence-electron chi connectivity index (χ1n) is 6.65. The molecule has 0 aliphatic heterocycles. The first kappa shape index (κ1) is 13.1. The third-order valence-electron chi connectivity index (χ3n) is 3.45. The predicted octanol–water partition coefficient (Wildman–Crippen LogP) is 5.23. The molecule has 2 aromatic rings. The topological polar surface area (TPSA) is 0 Å². The molecule has 0 saturated heterocycles. The van der Waals surface area contributed by atoms with Crippen molar-refractivity contribution in [1.82, 2.24) is 0 Å². The monoisotopic (exact) mass is 239 g/mol. The second-order valence-electron chi connectivity index (χ2n) is 7.12. The minimum Gasteiger partial charge on any atom is -0.0610 e. The highest BCUT2D eigenvalue weighted by atomic mass is 14.3. The molecule has 0 aliphatic carbocycles. The fourth-order valence-electron chi connectivity index (χ4n) is 2.50. The average molecular weight is 239 g/mol. The molecular formula is C18H23. The molecule has 0 aliphatic rings. The molecule has 0 fully saturated rings. The van der Waals surface area contributed by atoms with Gasteiger partial charge in [0.2, 0.25) is 0 Å². The SMILES string of the molecule is CC(C)(C)c1ccc(C(C)(C)C)c2ccc[c]c12. The molecule has 0 atom stereocenters. The van der Waals surface area contributed by atoms with E-state index < -0.39 is 0 Å². The molecule has 0 bridgehead atoms. The van der Waals surface area contributed by atoms with Crippen molar-refractivity contribution < 1.29 is 0 Å². The van der Waals surface area contributed by atoms with E-state index in [-0.39, 0.29) is 10.8 Å². The fourth-order valence-corrected chi connectivity index (χ4v) is 2.50. The van der Waals surface area contributed by atoms with E-state index in [2.05, 4.69) is 71.9 Å². The molecule has 0 aromatic heterocycles. The second-order valence-corrected chi connectivity index (χ2v) is 7.12. The zero-order valence-corrected chi connectivity index (χ0v) is 12.4. The van der Waals surface area contributed by atoms with Gasteiger partial charge in [0.1, 0.15) is 0 Å². The lowest BCUT2D eigenvalue weighted by Crippen LogP contribution is -2.16. The van der Waals surface area contributed by atoms with E-state index in [1.807, 2.05) is 6.07 Å². The lowest BCUT2D eigenvalue weighted by molar-refractivity contribution is 0.585. The molecule has 0 heteroatoms. The van der Waals surface area contributed by atoms with Crippen LogP contribution in [0.3, 0.4) is 0 Å². The Balaban J connectivity index is 2.83. The van der Waals surface area contributed by atoms with Crippen molar-refractivity contribution in [2.24, 2.45) is 0 Å². The lowest BCUT2D eigenvalue weighted by Gasteiger charge is -2.26. The number of benzene rings is 2. The summed E-state index contributed by atoms with van der Waals surface area (Å²) in [7, 11) is 0. The number of hydrogen-bond donors (Lipinski definition) is 0. The first-order chi connectivity index (χ1) is 8.21. The Morgan fingerprint density at radius 2 is 1.33 bits per heavy atom. The van der Waals surface area contributed by atoms with Crippen molar-refractivity contribution >= 4 is 10.8 Å². The molecule has 18 heavy (non-hydrogen) atoms. The summed E-state index contributed by atoms with van der Waals surface area (Å²) < 4.78 is 0. The van der Waals surface area contributed by atoms with Gasteiger partial charge in [-0.1, -0.05) is 71.9 Å². The Kier molecular flexibility index (Phi) is 3.01. The van der Waals surface area contributed by atoms with Crippen LogP contribution < -0.4 is 0 Å². The first-order valence-corrected chi connectivity index (χ1v) is 6.65. The van der Waals surface area contributed by atoms with Crippen LogP contribution in [0.1, 0.15) is 52.7 Å². The molecule has 0 N–H and O–H groups in total. The highest BCUT2D eigenvalue weighted by molar-refractivity contribution is 5.89. The molecule has 0 spiro atoms. The largest absolute Gasteiger partial charge is 0.0610 e. The van der Waals surface area contributed by atoms with Gasteiger partial charge in [-0.2, -0.15) is 0 Å². The smallest absolute Gasteiger partial charge is 0.00648 e. The molecule has 2 aromatic carbocycles. The van der Waals surface area contributed by atoms with Crippen LogP contribution in [0.4, 0.5) is 0 Å². The Morgan fingerprint density at radius 3 is 1.89 bits per heavy atom. The molecule has 2 rings (SSSR count). The van der Waals surface area contributed by atoms with E-state index in [9.17, 15) is 0 Å². The summed E-state index contributed by atoms with van der Waals surface area (Å²) in [6.07, 6.45) is 0. The molecule has 0 saturated carbocycles. The standard InChI is InChI=1S/C18H23/c1-17(2,3)15-11-12-16(18(4,5)6)14-10-8-7-9-13(14)15/h7-9,11-12H,1-6H3. The van der Waals surface area contributed by atoms with Crippen LogP contribution in [0.25, 0.3) is 10.8 Å². The van der Waals surface area contributed by atoms with E-state index in [1.54, 1.807) is 0 Å². The summed E-state index contributed by atoms with van der Waals surface area (Å²) in [5, 5.41) is 2.62. The van der Waals surface area contributed by atoms with Crippen LogP contribution >= 0.6 is 0 Å². The lowest BCUT2D eigenvalue weighted by atomic mass is 9.78. The van der Waals surface area contributed by atoms with Crippen LogP contribution in [-0.4, -0.2) is 0 Å². The highest BCUT2D eigenvalue weighted by Gasteiger charge is 2.22. The minimum atomic E-state index is 0.159. The fraction of sp³-hybridized carbons (Fsp3) is 0.444. The van der Waals surface area contributed by atoms with E-state index in [0.717, 1.165) is 0 Å².